The van der Waals surface area contributed by atoms with E-state index in [2.05, 4.69) is 0 Å². The van der Waals surface area contributed by atoms with Gasteiger partial charge in [0.05, 0.1) is 5.56 Å². The molecule has 0 aliphatic rings. The standard InChI is InChI=1S/C31H27F3O5/c1-19-14-25(37-24-11-8-22(21(3)16-24)9-13-30(35)36)18-26(15-19)38-28-12-10-23(31(32,33)34)17-29(28)39-27-7-5-4-6-20(27)2/h4-18,30,35-36H,1-3H3/b13-9+. The molecule has 202 valence electrons. The number of para-hydroxylation sites is 1. The Morgan fingerprint density at radius 3 is 2.05 bits per heavy atom. The Morgan fingerprint density at radius 1 is 0.667 bits per heavy atom. The summed E-state index contributed by atoms with van der Waals surface area (Å²) in [5, 5.41) is 18.1. The van der Waals surface area contributed by atoms with Crippen LogP contribution in [0.2, 0.25) is 0 Å². The number of rotatable bonds is 8. The molecule has 8 heteroatoms. The van der Waals surface area contributed by atoms with E-state index in [4.69, 9.17) is 24.4 Å². The van der Waals surface area contributed by atoms with Crippen molar-refractivity contribution in [2.24, 2.45) is 0 Å². The minimum Gasteiger partial charge on any atom is -0.457 e. The smallest absolute Gasteiger partial charge is 0.416 e. The van der Waals surface area contributed by atoms with Crippen molar-refractivity contribution in [3.8, 4) is 34.5 Å². The van der Waals surface area contributed by atoms with Crippen LogP contribution in [0.3, 0.4) is 0 Å². The van der Waals surface area contributed by atoms with Gasteiger partial charge in [-0.05, 0) is 97.6 Å². The summed E-state index contributed by atoms with van der Waals surface area (Å²) in [7, 11) is 0. The quantitative estimate of drug-likeness (QED) is 0.222. The Hall–Kier alpha value is -4.27. The van der Waals surface area contributed by atoms with E-state index in [1.54, 1.807) is 67.6 Å². The van der Waals surface area contributed by atoms with Crippen LogP contribution in [0.15, 0.2) is 84.9 Å². The lowest BCUT2D eigenvalue weighted by atomic mass is 10.1. The Balaban J connectivity index is 1.62. The lowest BCUT2D eigenvalue weighted by molar-refractivity contribution is -0.137. The topological polar surface area (TPSA) is 68.2 Å². The molecule has 0 saturated heterocycles. The summed E-state index contributed by atoms with van der Waals surface area (Å²) in [4.78, 5) is 0. The van der Waals surface area contributed by atoms with Crippen molar-refractivity contribution in [3.05, 3.63) is 113 Å². The third kappa shape index (κ3) is 7.40. The van der Waals surface area contributed by atoms with Gasteiger partial charge in [-0.3, -0.25) is 0 Å². The van der Waals surface area contributed by atoms with Gasteiger partial charge in [-0.15, -0.1) is 0 Å². The molecule has 5 nitrogen and oxygen atoms in total. The molecule has 2 N–H and O–H groups in total. The van der Waals surface area contributed by atoms with Crippen LogP contribution in [-0.2, 0) is 6.18 Å². The van der Waals surface area contributed by atoms with Gasteiger partial charge in [0.2, 0.25) is 0 Å². The average Bonchev–Trinajstić information content (AvgIpc) is 2.85. The van der Waals surface area contributed by atoms with Gasteiger partial charge in [-0.25, -0.2) is 0 Å². The number of ether oxygens (including phenoxy) is 3. The van der Waals surface area contributed by atoms with E-state index in [0.29, 0.717) is 23.0 Å². The summed E-state index contributed by atoms with van der Waals surface area (Å²) in [6.07, 6.45) is -3.24. The molecule has 0 fully saturated rings. The first kappa shape index (κ1) is 27.8. The van der Waals surface area contributed by atoms with Crippen LogP contribution in [0.5, 0.6) is 34.5 Å². The zero-order chi connectivity index (χ0) is 28.2. The first-order valence-electron chi connectivity index (χ1n) is 12.0. The number of hydrogen-bond donors (Lipinski definition) is 2. The fraction of sp³-hybridized carbons (Fsp3) is 0.161. The molecule has 0 radical (unpaired) electrons. The number of aryl methyl sites for hydroxylation is 3. The van der Waals surface area contributed by atoms with Crippen molar-refractivity contribution in [3.63, 3.8) is 0 Å². The fourth-order valence-electron chi connectivity index (χ4n) is 3.82. The van der Waals surface area contributed by atoms with E-state index in [9.17, 15) is 13.2 Å². The second-order valence-corrected chi connectivity index (χ2v) is 9.00. The number of aliphatic hydroxyl groups excluding tert-OH is 1. The highest BCUT2D eigenvalue weighted by Gasteiger charge is 2.32. The van der Waals surface area contributed by atoms with Gasteiger partial charge in [-0.1, -0.05) is 30.3 Å². The normalized spacial score (nSPS) is 11.7. The van der Waals surface area contributed by atoms with Crippen molar-refractivity contribution in [2.45, 2.75) is 33.2 Å². The molecule has 0 aliphatic carbocycles. The maximum Gasteiger partial charge on any atom is 0.416 e. The lowest BCUT2D eigenvalue weighted by Crippen LogP contribution is -2.05. The van der Waals surface area contributed by atoms with Gasteiger partial charge in [0, 0.05) is 6.07 Å². The molecule has 0 spiro atoms. The molecule has 4 rings (SSSR count). The van der Waals surface area contributed by atoms with E-state index >= 15 is 0 Å². The molecular weight excluding hydrogens is 509 g/mol. The number of aliphatic hydroxyl groups is 2. The highest BCUT2D eigenvalue weighted by molar-refractivity contribution is 5.56. The van der Waals surface area contributed by atoms with Crippen molar-refractivity contribution < 1.29 is 37.6 Å². The van der Waals surface area contributed by atoms with Gasteiger partial charge in [0.15, 0.2) is 17.8 Å². The van der Waals surface area contributed by atoms with Crippen molar-refractivity contribution in [2.75, 3.05) is 0 Å². The molecule has 39 heavy (non-hydrogen) atoms. The molecule has 0 aliphatic heterocycles. The molecule has 0 amide bonds. The lowest BCUT2D eigenvalue weighted by Gasteiger charge is -2.17. The van der Waals surface area contributed by atoms with E-state index in [-0.39, 0.29) is 11.5 Å². The van der Waals surface area contributed by atoms with E-state index < -0.39 is 18.0 Å². The van der Waals surface area contributed by atoms with Gasteiger partial charge in [0.1, 0.15) is 23.0 Å². The largest absolute Gasteiger partial charge is 0.457 e. The summed E-state index contributed by atoms with van der Waals surface area (Å²) in [5.74, 6) is 1.82. The zero-order valence-corrected chi connectivity index (χ0v) is 21.5. The maximum atomic E-state index is 13.5. The number of benzene rings is 4. The van der Waals surface area contributed by atoms with Crippen LogP contribution >= 0.6 is 0 Å². The van der Waals surface area contributed by atoms with Crippen LogP contribution in [0.4, 0.5) is 13.2 Å². The van der Waals surface area contributed by atoms with Gasteiger partial charge in [-0.2, -0.15) is 13.2 Å². The van der Waals surface area contributed by atoms with Gasteiger partial charge >= 0.3 is 6.18 Å². The monoisotopic (exact) mass is 536 g/mol. The first-order chi connectivity index (χ1) is 18.5. The molecule has 4 aromatic rings. The maximum absolute atomic E-state index is 13.5. The average molecular weight is 537 g/mol. The van der Waals surface area contributed by atoms with E-state index in [0.717, 1.165) is 34.4 Å². The molecule has 0 aromatic heterocycles. The zero-order valence-electron chi connectivity index (χ0n) is 21.5. The van der Waals surface area contributed by atoms with Crippen molar-refractivity contribution in [1.82, 2.24) is 0 Å². The highest BCUT2D eigenvalue weighted by atomic mass is 19.4. The number of hydrogen-bond acceptors (Lipinski definition) is 5. The Kier molecular flexibility index (Phi) is 8.28. The summed E-state index contributed by atoms with van der Waals surface area (Å²) in [5.41, 5.74) is 2.37. The van der Waals surface area contributed by atoms with Crippen LogP contribution in [-0.4, -0.2) is 16.5 Å². The van der Waals surface area contributed by atoms with Crippen molar-refractivity contribution in [1.29, 1.82) is 0 Å². The second-order valence-electron chi connectivity index (χ2n) is 9.00. The molecule has 0 unspecified atom stereocenters. The number of halogens is 3. The SMILES string of the molecule is Cc1cc(Oc2ccc(/C=C/C(O)O)c(C)c2)cc(Oc2ccc(C(F)(F)F)cc2Oc2ccccc2C)c1. The second kappa shape index (κ2) is 11.6. The van der Waals surface area contributed by atoms with Gasteiger partial charge in [0.25, 0.3) is 0 Å². The molecule has 0 atom stereocenters. The minimum absolute atomic E-state index is 0.0737. The third-order valence-corrected chi connectivity index (χ3v) is 5.76. The highest BCUT2D eigenvalue weighted by Crippen LogP contribution is 2.41. The van der Waals surface area contributed by atoms with Gasteiger partial charge < -0.3 is 24.4 Å². The Bertz CT molecular complexity index is 1490. The van der Waals surface area contributed by atoms with Crippen LogP contribution in [0, 0.1) is 20.8 Å². The molecule has 0 heterocycles. The molecular formula is C31H27F3O5. The predicted molar refractivity (Wildman–Crippen MR) is 142 cm³/mol. The van der Waals surface area contributed by atoms with Crippen LogP contribution < -0.4 is 14.2 Å². The predicted octanol–water partition coefficient (Wildman–Crippen LogP) is 8.33. The summed E-state index contributed by atoms with van der Waals surface area (Å²) in [6, 6.07) is 20.6. The van der Waals surface area contributed by atoms with Crippen molar-refractivity contribution >= 4 is 6.08 Å². The van der Waals surface area contributed by atoms with Crippen LogP contribution in [0.25, 0.3) is 6.08 Å². The number of alkyl halides is 3. The third-order valence-electron chi connectivity index (χ3n) is 5.76. The summed E-state index contributed by atoms with van der Waals surface area (Å²) in [6.45, 7) is 5.51. The Morgan fingerprint density at radius 2 is 1.38 bits per heavy atom. The molecule has 0 saturated carbocycles. The first-order valence-corrected chi connectivity index (χ1v) is 12.0. The summed E-state index contributed by atoms with van der Waals surface area (Å²) >= 11 is 0. The summed E-state index contributed by atoms with van der Waals surface area (Å²) < 4.78 is 58.3. The van der Waals surface area contributed by atoms with E-state index in [1.807, 2.05) is 19.9 Å². The van der Waals surface area contributed by atoms with E-state index in [1.165, 1.54) is 12.1 Å². The molecule has 0 bridgehead atoms. The minimum atomic E-state index is -4.55. The fourth-order valence-corrected chi connectivity index (χ4v) is 3.82. The van der Waals surface area contributed by atoms with Crippen LogP contribution in [0.1, 0.15) is 27.8 Å². The Labute approximate surface area is 224 Å². The molecule has 4 aromatic carbocycles.